The van der Waals surface area contributed by atoms with Crippen molar-refractivity contribution in [2.24, 2.45) is 0 Å². The van der Waals surface area contributed by atoms with Crippen LogP contribution in [0.1, 0.15) is 24.1 Å². The fraction of sp³-hybridized carbons (Fsp3) is 0.174. The highest BCUT2D eigenvalue weighted by molar-refractivity contribution is 7.92. The van der Waals surface area contributed by atoms with Gasteiger partial charge in [-0.3, -0.25) is 9.52 Å². The van der Waals surface area contributed by atoms with Crippen molar-refractivity contribution in [2.75, 3.05) is 11.3 Å². The van der Waals surface area contributed by atoms with Crippen molar-refractivity contribution in [3.63, 3.8) is 0 Å². The molecule has 6 nitrogen and oxygen atoms in total. The Balaban J connectivity index is 1.54. The third-order valence-corrected chi connectivity index (χ3v) is 5.95. The number of carbonyl (C=O) groups excluding carboxylic acids is 1. The van der Waals surface area contributed by atoms with Gasteiger partial charge in [-0.1, -0.05) is 29.8 Å². The zero-order valence-corrected chi connectivity index (χ0v) is 17.9. The van der Waals surface area contributed by atoms with Crippen LogP contribution in [0.2, 0.25) is 0 Å². The van der Waals surface area contributed by atoms with E-state index in [1.807, 2.05) is 19.1 Å². The van der Waals surface area contributed by atoms with Crippen LogP contribution in [0.3, 0.4) is 0 Å². The Morgan fingerprint density at radius 2 is 1.58 bits per heavy atom. The van der Waals surface area contributed by atoms with Crippen molar-refractivity contribution in [2.45, 2.75) is 24.8 Å². The number of hydrogen-bond acceptors (Lipinski definition) is 4. The molecule has 0 aromatic heterocycles. The van der Waals surface area contributed by atoms with Gasteiger partial charge >= 0.3 is 0 Å². The minimum Gasteiger partial charge on any atom is -0.484 e. The van der Waals surface area contributed by atoms with E-state index >= 15 is 0 Å². The summed E-state index contributed by atoms with van der Waals surface area (Å²) in [7, 11) is -3.74. The average Bonchev–Trinajstić information content (AvgIpc) is 2.74. The van der Waals surface area contributed by atoms with Gasteiger partial charge in [0.1, 0.15) is 11.6 Å². The number of sulfonamides is 1. The molecule has 2 N–H and O–H groups in total. The standard InChI is InChI=1S/C23H23FN2O4S/c1-16-3-9-20(10-4-16)26-31(28,29)22-13-11-21(12-14-22)30-15-23(27)25-17(2)18-5-7-19(24)8-6-18/h3-14,17,26H,15H2,1-2H3,(H,25,27)/t17-/m1/s1. The maximum atomic E-state index is 13.0. The third-order valence-electron chi connectivity index (χ3n) is 4.56. The number of rotatable bonds is 8. The van der Waals surface area contributed by atoms with Gasteiger partial charge in [0.05, 0.1) is 10.9 Å². The maximum absolute atomic E-state index is 13.0. The Labute approximate surface area is 181 Å². The van der Waals surface area contributed by atoms with Gasteiger partial charge in [0.2, 0.25) is 0 Å². The van der Waals surface area contributed by atoms with Crippen molar-refractivity contribution >= 4 is 21.6 Å². The minimum atomic E-state index is -3.74. The van der Waals surface area contributed by atoms with Crippen LogP contribution in [0, 0.1) is 12.7 Å². The molecule has 0 spiro atoms. The monoisotopic (exact) mass is 442 g/mol. The van der Waals surface area contributed by atoms with Gasteiger partial charge < -0.3 is 10.1 Å². The van der Waals surface area contributed by atoms with Crippen LogP contribution in [0.25, 0.3) is 0 Å². The molecule has 0 bridgehead atoms. The van der Waals surface area contributed by atoms with Gasteiger partial charge in [-0.15, -0.1) is 0 Å². The van der Waals surface area contributed by atoms with E-state index in [1.165, 1.54) is 36.4 Å². The van der Waals surface area contributed by atoms with Gasteiger partial charge in [-0.2, -0.15) is 0 Å². The number of benzene rings is 3. The average molecular weight is 443 g/mol. The van der Waals surface area contributed by atoms with Crippen molar-refractivity contribution < 1.29 is 22.3 Å². The molecule has 31 heavy (non-hydrogen) atoms. The highest BCUT2D eigenvalue weighted by Gasteiger charge is 2.15. The van der Waals surface area contributed by atoms with E-state index < -0.39 is 10.0 Å². The van der Waals surface area contributed by atoms with Crippen molar-refractivity contribution in [1.82, 2.24) is 5.32 Å². The van der Waals surface area contributed by atoms with E-state index in [-0.39, 0.29) is 29.3 Å². The molecule has 0 aliphatic carbocycles. The minimum absolute atomic E-state index is 0.0785. The van der Waals surface area contributed by atoms with E-state index in [4.69, 9.17) is 4.74 Å². The number of amides is 1. The summed E-state index contributed by atoms with van der Waals surface area (Å²) < 4.78 is 46.0. The Hall–Kier alpha value is -3.39. The molecular formula is C23H23FN2O4S. The summed E-state index contributed by atoms with van der Waals surface area (Å²) in [5, 5.41) is 2.76. The predicted octanol–water partition coefficient (Wildman–Crippen LogP) is 4.19. The Morgan fingerprint density at radius 1 is 0.968 bits per heavy atom. The number of halogens is 1. The second-order valence-electron chi connectivity index (χ2n) is 7.07. The first kappa shape index (κ1) is 22.3. The molecule has 3 aromatic carbocycles. The van der Waals surface area contributed by atoms with Gasteiger partial charge in [-0.25, -0.2) is 12.8 Å². The molecule has 0 saturated carbocycles. The highest BCUT2D eigenvalue weighted by atomic mass is 32.2. The summed E-state index contributed by atoms with van der Waals surface area (Å²) in [5.41, 5.74) is 2.27. The van der Waals surface area contributed by atoms with Crippen LogP contribution in [-0.2, 0) is 14.8 Å². The SMILES string of the molecule is Cc1ccc(NS(=O)(=O)c2ccc(OCC(=O)N[C@H](C)c3ccc(F)cc3)cc2)cc1. The zero-order chi connectivity index (χ0) is 22.4. The van der Waals surface area contributed by atoms with Crippen LogP contribution >= 0.6 is 0 Å². The molecule has 1 amide bonds. The fourth-order valence-corrected chi connectivity index (χ4v) is 3.88. The predicted molar refractivity (Wildman–Crippen MR) is 117 cm³/mol. The number of anilines is 1. The van der Waals surface area contributed by atoms with Crippen LogP contribution in [0.15, 0.2) is 77.7 Å². The van der Waals surface area contributed by atoms with Gasteiger partial charge in [0.15, 0.2) is 6.61 Å². The van der Waals surface area contributed by atoms with Gasteiger partial charge in [0, 0.05) is 5.69 Å². The first-order chi connectivity index (χ1) is 14.7. The lowest BCUT2D eigenvalue weighted by Crippen LogP contribution is -2.31. The van der Waals surface area contributed by atoms with E-state index in [0.717, 1.165) is 11.1 Å². The number of aryl methyl sites for hydroxylation is 1. The second-order valence-corrected chi connectivity index (χ2v) is 8.75. The summed E-state index contributed by atoms with van der Waals surface area (Å²) in [6.45, 7) is 3.46. The lowest BCUT2D eigenvalue weighted by atomic mass is 10.1. The van der Waals surface area contributed by atoms with E-state index in [0.29, 0.717) is 11.4 Å². The third kappa shape index (κ3) is 6.29. The van der Waals surface area contributed by atoms with Crippen LogP contribution < -0.4 is 14.8 Å². The van der Waals surface area contributed by atoms with Crippen molar-refractivity contribution in [3.8, 4) is 5.75 Å². The highest BCUT2D eigenvalue weighted by Crippen LogP contribution is 2.20. The molecular weight excluding hydrogens is 419 g/mol. The second kappa shape index (κ2) is 9.61. The Morgan fingerprint density at radius 3 is 2.19 bits per heavy atom. The number of carbonyl (C=O) groups is 1. The lowest BCUT2D eigenvalue weighted by molar-refractivity contribution is -0.123. The smallest absolute Gasteiger partial charge is 0.261 e. The molecule has 1 atom stereocenters. The maximum Gasteiger partial charge on any atom is 0.261 e. The fourth-order valence-electron chi connectivity index (χ4n) is 2.82. The van der Waals surface area contributed by atoms with Gasteiger partial charge in [0.25, 0.3) is 15.9 Å². The lowest BCUT2D eigenvalue weighted by Gasteiger charge is -2.15. The number of nitrogens with one attached hydrogen (secondary N) is 2. The Kier molecular flexibility index (Phi) is 6.91. The molecule has 0 saturated heterocycles. The molecule has 0 radical (unpaired) electrons. The summed E-state index contributed by atoms with van der Waals surface area (Å²) in [6, 6.07) is 18.4. The first-order valence-corrected chi connectivity index (χ1v) is 11.1. The molecule has 0 unspecified atom stereocenters. The van der Waals surface area contributed by atoms with Gasteiger partial charge in [-0.05, 0) is 67.9 Å². The summed E-state index contributed by atoms with van der Waals surface area (Å²) >= 11 is 0. The van der Waals surface area contributed by atoms with Crippen molar-refractivity contribution in [3.05, 3.63) is 89.7 Å². The topological polar surface area (TPSA) is 84.5 Å². The summed E-state index contributed by atoms with van der Waals surface area (Å²) in [6.07, 6.45) is 0. The molecule has 0 aliphatic heterocycles. The number of ether oxygens (including phenoxy) is 1. The molecule has 3 aromatic rings. The van der Waals surface area contributed by atoms with E-state index in [2.05, 4.69) is 10.0 Å². The van der Waals surface area contributed by atoms with E-state index in [9.17, 15) is 17.6 Å². The van der Waals surface area contributed by atoms with Crippen LogP contribution in [0.4, 0.5) is 10.1 Å². The van der Waals surface area contributed by atoms with Crippen LogP contribution in [-0.4, -0.2) is 20.9 Å². The number of hydrogen-bond donors (Lipinski definition) is 2. The molecule has 8 heteroatoms. The quantitative estimate of drug-likeness (QED) is 0.548. The summed E-state index contributed by atoms with van der Waals surface area (Å²) in [4.78, 5) is 12.2. The van der Waals surface area contributed by atoms with Crippen molar-refractivity contribution in [1.29, 1.82) is 0 Å². The molecule has 3 rings (SSSR count). The zero-order valence-electron chi connectivity index (χ0n) is 17.1. The van der Waals surface area contributed by atoms with E-state index in [1.54, 1.807) is 31.2 Å². The molecule has 0 heterocycles. The largest absolute Gasteiger partial charge is 0.484 e. The molecule has 162 valence electrons. The normalized spacial score (nSPS) is 12.1. The molecule has 0 fully saturated rings. The first-order valence-electron chi connectivity index (χ1n) is 9.60. The Bertz CT molecular complexity index is 1130. The van der Waals surface area contributed by atoms with Crippen LogP contribution in [0.5, 0.6) is 5.75 Å². The summed E-state index contributed by atoms with van der Waals surface area (Å²) in [5.74, 6) is -0.335. The molecule has 0 aliphatic rings.